The Morgan fingerprint density at radius 1 is 1.04 bits per heavy atom. The summed E-state index contributed by atoms with van der Waals surface area (Å²) >= 11 is 0. The Labute approximate surface area is 157 Å². The molecule has 0 saturated heterocycles. The largest absolute Gasteiger partial charge is 0.347 e. The molecule has 0 aliphatic heterocycles. The maximum atomic E-state index is 12.2. The van der Waals surface area contributed by atoms with Gasteiger partial charge >= 0.3 is 0 Å². The smallest absolute Gasteiger partial charge is 0.234 e. The lowest BCUT2D eigenvalue weighted by Crippen LogP contribution is -2.37. The molecule has 0 saturated carbocycles. The van der Waals surface area contributed by atoms with E-state index >= 15 is 0 Å². The molecule has 0 fully saturated rings. The molecule has 1 atom stereocenters. The summed E-state index contributed by atoms with van der Waals surface area (Å²) in [4.78, 5) is 20.6. The van der Waals surface area contributed by atoms with Crippen molar-refractivity contribution in [2.45, 2.75) is 12.0 Å². The minimum atomic E-state index is -0.428. The molecule has 6 nitrogen and oxygen atoms in total. The molecule has 1 amide bonds. The Morgan fingerprint density at radius 3 is 2.19 bits per heavy atom. The molecule has 6 heteroatoms. The summed E-state index contributed by atoms with van der Waals surface area (Å²) in [5.41, 5.74) is 8.73. The quantitative estimate of drug-likeness (QED) is 0.704. The predicted molar refractivity (Wildman–Crippen MR) is 101 cm³/mol. The standard InChI is InChI=1S/C21H19N5O/c22-11-15-4-1-5-16(10-15)21(26-19(27)12-23)20(17-6-2-8-24-13-17)18-7-3-9-25-14-18/h1-10,13-14,20-21H,12,23H2,(H,26,27). The first-order valence-corrected chi connectivity index (χ1v) is 8.52. The monoisotopic (exact) mass is 357 g/mol. The summed E-state index contributed by atoms with van der Waals surface area (Å²) in [7, 11) is 0. The molecular formula is C21H19N5O. The van der Waals surface area contributed by atoms with Crippen LogP contribution in [-0.4, -0.2) is 22.4 Å². The molecule has 1 aromatic carbocycles. The van der Waals surface area contributed by atoms with Crippen molar-refractivity contribution in [3.05, 3.63) is 95.6 Å². The first-order chi connectivity index (χ1) is 13.2. The van der Waals surface area contributed by atoms with Crippen LogP contribution in [0.4, 0.5) is 0 Å². The van der Waals surface area contributed by atoms with Gasteiger partial charge in [-0.3, -0.25) is 14.8 Å². The van der Waals surface area contributed by atoms with Crippen LogP contribution in [0.3, 0.4) is 0 Å². The van der Waals surface area contributed by atoms with Crippen molar-refractivity contribution in [2.24, 2.45) is 5.73 Å². The van der Waals surface area contributed by atoms with Gasteiger partial charge < -0.3 is 11.1 Å². The molecule has 0 bridgehead atoms. The number of pyridine rings is 2. The van der Waals surface area contributed by atoms with Crippen molar-refractivity contribution in [3.8, 4) is 6.07 Å². The normalized spacial score (nSPS) is 11.6. The molecule has 134 valence electrons. The molecule has 2 aromatic heterocycles. The van der Waals surface area contributed by atoms with E-state index in [9.17, 15) is 10.1 Å². The number of nitrogens with zero attached hydrogens (tertiary/aromatic N) is 3. The van der Waals surface area contributed by atoms with Gasteiger partial charge in [0.1, 0.15) is 0 Å². The Hall–Kier alpha value is -3.56. The van der Waals surface area contributed by atoms with Gasteiger partial charge in [0, 0.05) is 30.7 Å². The average Bonchev–Trinajstić information content (AvgIpc) is 2.74. The van der Waals surface area contributed by atoms with E-state index in [0.717, 1.165) is 16.7 Å². The van der Waals surface area contributed by atoms with E-state index in [4.69, 9.17) is 5.73 Å². The van der Waals surface area contributed by atoms with Crippen molar-refractivity contribution in [3.63, 3.8) is 0 Å². The van der Waals surface area contributed by atoms with Gasteiger partial charge in [0.2, 0.25) is 5.91 Å². The number of amides is 1. The minimum Gasteiger partial charge on any atom is -0.347 e. The number of nitrogens with two attached hydrogens (primary N) is 1. The second-order valence-electron chi connectivity index (χ2n) is 6.04. The first-order valence-electron chi connectivity index (χ1n) is 8.52. The van der Waals surface area contributed by atoms with Crippen LogP contribution in [0.1, 0.15) is 34.2 Å². The number of rotatable bonds is 6. The number of hydrogen-bond acceptors (Lipinski definition) is 5. The Kier molecular flexibility index (Phi) is 5.87. The molecule has 0 spiro atoms. The third-order valence-electron chi connectivity index (χ3n) is 4.30. The van der Waals surface area contributed by atoms with Gasteiger partial charge in [0.25, 0.3) is 0 Å². The fourth-order valence-electron chi connectivity index (χ4n) is 3.09. The predicted octanol–water partition coefficient (Wildman–Crippen LogP) is 2.30. The Bertz CT molecular complexity index is 898. The van der Waals surface area contributed by atoms with Crippen molar-refractivity contribution >= 4 is 5.91 Å². The third kappa shape index (κ3) is 4.35. The molecule has 1 unspecified atom stereocenters. The van der Waals surface area contributed by atoms with Gasteiger partial charge in [-0.25, -0.2) is 0 Å². The fourth-order valence-corrected chi connectivity index (χ4v) is 3.09. The number of nitrogens with one attached hydrogen (secondary N) is 1. The number of carbonyl (C=O) groups excluding carboxylic acids is 1. The molecule has 0 aliphatic rings. The van der Waals surface area contributed by atoms with Gasteiger partial charge in [0.15, 0.2) is 0 Å². The zero-order valence-corrected chi connectivity index (χ0v) is 14.6. The van der Waals surface area contributed by atoms with Gasteiger partial charge in [0.05, 0.1) is 24.2 Å². The number of carbonyl (C=O) groups is 1. The molecule has 3 rings (SSSR count). The van der Waals surface area contributed by atoms with Crippen LogP contribution in [0.5, 0.6) is 0 Å². The van der Waals surface area contributed by atoms with E-state index in [1.165, 1.54) is 0 Å². The lowest BCUT2D eigenvalue weighted by molar-refractivity contribution is -0.120. The van der Waals surface area contributed by atoms with E-state index in [-0.39, 0.29) is 18.4 Å². The van der Waals surface area contributed by atoms with Crippen LogP contribution in [0.15, 0.2) is 73.3 Å². The van der Waals surface area contributed by atoms with Crippen molar-refractivity contribution in [1.82, 2.24) is 15.3 Å². The van der Waals surface area contributed by atoms with E-state index in [0.29, 0.717) is 5.56 Å². The lowest BCUT2D eigenvalue weighted by atomic mass is 9.82. The molecule has 3 N–H and O–H groups in total. The fraction of sp³-hybridized carbons (Fsp3) is 0.143. The second kappa shape index (κ2) is 8.70. The minimum absolute atomic E-state index is 0.124. The highest BCUT2D eigenvalue weighted by Crippen LogP contribution is 2.36. The van der Waals surface area contributed by atoms with Gasteiger partial charge in [-0.15, -0.1) is 0 Å². The second-order valence-corrected chi connectivity index (χ2v) is 6.04. The highest BCUT2D eigenvalue weighted by molar-refractivity contribution is 5.78. The molecular weight excluding hydrogens is 338 g/mol. The number of hydrogen-bond donors (Lipinski definition) is 2. The number of benzene rings is 1. The van der Waals surface area contributed by atoms with Gasteiger partial charge in [-0.2, -0.15) is 5.26 Å². The molecule has 0 aliphatic carbocycles. The number of aromatic nitrogens is 2. The maximum Gasteiger partial charge on any atom is 0.234 e. The van der Waals surface area contributed by atoms with E-state index in [2.05, 4.69) is 21.4 Å². The summed E-state index contributed by atoms with van der Waals surface area (Å²) < 4.78 is 0. The van der Waals surface area contributed by atoms with Crippen molar-refractivity contribution in [1.29, 1.82) is 5.26 Å². The van der Waals surface area contributed by atoms with Crippen molar-refractivity contribution in [2.75, 3.05) is 6.54 Å². The van der Waals surface area contributed by atoms with Crippen LogP contribution in [0.2, 0.25) is 0 Å². The molecule has 2 heterocycles. The zero-order valence-electron chi connectivity index (χ0n) is 14.6. The zero-order chi connectivity index (χ0) is 19.1. The Morgan fingerprint density at radius 2 is 1.67 bits per heavy atom. The van der Waals surface area contributed by atoms with Gasteiger partial charge in [-0.05, 0) is 41.0 Å². The first kappa shape index (κ1) is 18.2. The molecule has 0 radical (unpaired) electrons. The van der Waals surface area contributed by atoms with Crippen molar-refractivity contribution < 1.29 is 4.79 Å². The Balaban J connectivity index is 2.15. The van der Waals surface area contributed by atoms with E-state index in [1.807, 2.05) is 30.3 Å². The SMILES string of the molecule is N#Cc1cccc(C(NC(=O)CN)C(c2cccnc2)c2cccnc2)c1. The molecule has 27 heavy (non-hydrogen) atoms. The van der Waals surface area contributed by atoms with Crippen LogP contribution in [-0.2, 0) is 4.79 Å². The van der Waals surface area contributed by atoms with Crippen LogP contribution < -0.4 is 11.1 Å². The summed E-state index contributed by atoms with van der Waals surface area (Å²) in [5, 5.41) is 12.3. The lowest BCUT2D eigenvalue weighted by Gasteiger charge is -2.29. The van der Waals surface area contributed by atoms with E-state index in [1.54, 1.807) is 43.0 Å². The van der Waals surface area contributed by atoms with Crippen LogP contribution in [0.25, 0.3) is 0 Å². The third-order valence-corrected chi connectivity index (χ3v) is 4.30. The maximum absolute atomic E-state index is 12.2. The summed E-state index contributed by atoms with van der Waals surface area (Å²) in [6, 6.07) is 16.5. The van der Waals surface area contributed by atoms with Crippen LogP contribution in [0, 0.1) is 11.3 Å². The highest BCUT2D eigenvalue weighted by atomic mass is 16.1. The summed E-state index contributed by atoms with van der Waals surface area (Å²) in [5.74, 6) is -0.517. The van der Waals surface area contributed by atoms with Crippen LogP contribution >= 0.6 is 0 Å². The summed E-state index contributed by atoms with van der Waals surface area (Å²) in [6.07, 6.45) is 6.95. The molecule has 3 aromatic rings. The average molecular weight is 357 g/mol. The highest BCUT2D eigenvalue weighted by Gasteiger charge is 2.28. The van der Waals surface area contributed by atoms with Gasteiger partial charge in [-0.1, -0.05) is 24.3 Å². The topological polar surface area (TPSA) is 105 Å². The van der Waals surface area contributed by atoms with E-state index < -0.39 is 6.04 Å². The number of nitriles is 1. The summed E-state index contributed by atoms with van der Waals surface area (Å²) in [6.45, 7) is -0.124.